The van der Waals surface area contributed by atoms with Crippen LogP contribution in [0.3, 0.4) is 0 Å². The van der Waals surface area contributed by atoms with Crippen LogP contribution in [0.2, 0.25) is 0 Å². The zero-order chi connectivity index (χ0) is 28.7. The molecule has 39 heavy (non-hydrogen) atoms. The second-order valence-corrected chi connectivity index (χ2v) is 11.4. The van der Waals surface area contributed by atoms with E-state index in [-0.39, 0.29) is 7.43 Å². The van der Waals surface area contributed by atoms with E-state index in [2.05, 4.69) is 37.2 Å². The summed E-state index contributed by atoms with van der Waals surface area (Å²) in [5.41, 5.74) is 17.1. The van der Waals surface area contributed by atoms with Gasteiger partial charge in [-0.15, -0.1) is 0 Å². The van der Waals surface area contributed by atoms with E-state index in [9.17, 15) is 14.4 Å². The third-order valence-electron chi connectivity index (χ3n) is 4.95. The van der Waals surface area contributed by atoms with E-state index in [1.165, 1.54) is 12.8 Å². The van der Waals surface area contributed by atoms with Gasteiger partial charge in [-0.25, -0.2) is 4.79 Å². The Bertz CT molecular complexity index is 1000. The summed E-state index contributed by atoms with van der Waals surface area (Å²) < 4.78 is 12.0. The molecule has 7 N–H and O–H groups in total. The van der Waals surface area contributed by atoms with E-state index >= 15 is 0 Å². The van der Waals surface area contributed by atoms with Crippen LogP contribution >= 0.6 is 31.9 Å². The first kappa shape index (κ1) is 36.5. The number of alkyl carbamates (subject to hydrolysis) is 1. The van der Waals surface area contributed by atoms with Gasteiger partial charge in [-0.1, -0.05) is 63.6 Å². The average molecular weight is 674 g/mol. The van der Waals surface area contributed by atoms with Gasteiger partial charge in [0.05, 0.1) is 6.04 Å². The molecule has 1 heterocycles. The van der Waals surface area contributed by atoms with Gasteiger partial charge < -0.3 is 32.0 Å². The lowest BCUT2D eigenvalue weighted by atomic mass is 10.1. The number of carbonyl (C=O) groups excluding carboxylic acids is 3. The number of nitrogens with two attached hydrogens (primary N) is 3. The Labute approximate surface area is 248 Å². The van der Waals surface area contributed by atoms with E-state index in [1.807, 2.05) is 48.5 Å². The Morgan fingerprint density at radius 3 is 1.64 bits per heavy atom. The Morgan fingerprint density at radius 1 is 0.872 bits per heavy atom. The molecule has 0 unspecified atom stereocenters. The highest BCUT2D eigenvalue weighted by Gasteiger charge is 2.23. The number of carbonyl (C=O) groups is 3. The van der Waals surface area contributed by atoms with Crippen LogP contribution in [-0.4, -0.2) is 48.8 Å². The molecule has 0 aliphatic carbocycles. The first-order valence-electron chi connectivity index (χ1n) is 12.2. The minimum absolute atomic E-state index is 0. The molecule has 0 radical (unpaired) electrons. The van der Waals surface area contributed by atoms with Crippen molar-refractivity contribution < 1.29 is 23.9 Å². The van der Waals surface area contributed by atoms with Crippen molar-refractivity contribution in [1.82, 2.24) is 5.32 Å². The normalized spacial score (nSPS) is 13.7. The fourth-order valence-corrected chi connectivity index (χ4v) is 3.54. The predicted molar refractivity (Wildman–Crippen MR) is 162 cm³/mol. The van der Waals surface area contributed by atoms with E-state index in [1.54, 1.807) is 20.8 Å². The zero-order valence-electron chi connectivity index (χ0n) is 22.0. The summed E-state index contributed by atoms with van der Waals surface area (Å²) in [6.07, 6.45) is 2.71. The van der Waals surface area contributed by atoms with Crippen LogP contribution in [0.1, 0.15) is 52.2 Å². The van der Waals surface area contributed by atoms with E-state index in [4.69, 9.17) is 26.7 Å². The van der Waals surface area contributed by atoms with Crippen LogP contribution in [0, 0.1) is 0 Å². The zero-order valence-corrected chi connectivity index (χ0v) is 25.2. The molecule has 0 saturated carbocycles. The SMILES string of the molecule is C.C1CCOC1.CC(C)(C)OC(=O)N[C@@H](Cc1ccc(Br)cc1)C(N)=O.NC(=O)[C@@H](N)Cc1ccc(Br)cc1. The number of amides is 3. The second-order valence-electron chi connectivity index (χ2n) is 9.59. The van der Waals surface area contributed by atoms with Gasteiger partial charge in [0.25, 0.3) is 0 Å². The summed E-state index contributed by atoms with van der Waals surface area (Å²) in [6.45, 7) is 7.25. The van der Waals surface area contributed by atoms with Crippen molar-refractivity contribution in [3.63, 3.8) is 0 Å². The molecule has 3 amide bonds. The highest BCUT2D eigenvalue weighted by Crippen LogP contribution is 2.13. The molecule has 2 aromatic rings. The monoisotopic (exact) mass is 672 g/mol. The number of primary amides is 2. The summed E-state index contributed by atoms with van der Waals surface area (Å²) in [4.78, 5) is 33.7. The van der Waals surface area contributed by atoms with Gasteiger partial charge in [-0.2, -0.15) is 0 Å². The summed E-state index contributed by atoms with van der Waals surface area (Å²) in [5.74, 6) is -1.07. The topological polar surface area (TPSA) is 160 Å². The Morgan fingerprint density at radius 2 is 1.31 bits per heavy atom. The molecule has 1 aliphatic rings. The summed E-state index contributed by atoms with van der Waals surface area (Å²) in [5, 5.41) is 2.49. The van der Waals surface area contributed by atoms with Crippen LogP contribution in [0.15, 0.2) is 57.5 Å². The maximum absolute atomic E-state index is 11.7. The van der Waals surface area contributed by atoms with Crippen molar-refractivity contribution in [2.45, 2.75) is 71.6 Å². The fraction of sp³-hybridized carbons (Fsp3) is 0.464. The van der Waals surface area contributed by atoms with Gasteiger partial charge in [0, 0.05) is 28.6 Å². The lowest BCUT2D eigenvalue weighted by Crippen LogP contribution is -2.47. The molecule has 9 nitrogen and oxygen atoms in total. The van der Waals surface area contributed by atoms with Crippen molar-refractivity contribution >= 4 is 49.8 Å². The average Bonchev–Trinajstić information content (AvgIpc) is 3.41. The number of hydrogen-bond acceptors (Lipinski definition) is 6. The molecule has 3 rings (SSSR count). The molecule has 11 heteroatoms. The van der Waals surface area contributed by atoms with Gasteiger partial charge >= 0.3 is 6.09 Å². The molecule has 218 valence electrons. The van der Waals surface area contributed by atoms with Gasteiger partial charge in [-0.05, 0) is 75.4 Å². The highest BCUT2D eigenvalue weighted by atomic mass is 79.9. The van der Waals surface area contributed by atoms with Crippen molar-refractivity contribution in [3.8, 4) is 0 Å². The molecular weight excluding hydrogens is 632 g/mol. The van der Waals surface area contributed by atoms with Crippen molar-refractivity contribution in [3.05, 3.63) is 68.6 Å². The van der Waals surface area contributed by atoms with Crippen LogP contribution in [-0.2, 0) is 31.9 Å². The summed E-state index contributed by atoms with van der Waals surface area (Å²) in [6, 6.07) is 13.7. The minimum atomic E-state index is -0.800. The van der Waals surface area contributed by atoms with Crippen LogP contribution < -0.4 is 22.5 Å². The molecular formula is C28H42Br2N4O5. The quantitative estimate of drug-likeness (QED) is 0.336. The van der Waals surface area contributed by atoms with Crippen LogP contribution in [0.4, 0.5) is 4.79 Å². The first-order chi connectivity index (χ1) is 17.8. The standard InChI is InChI=1S/C14H19BrN2O3.C9H11BrN2O.C4H8O.CH4/c1-14(2,3)20-13(19)17-11(12(16)18)8-9-4-6-10(15)7-5-9;10-7-3-1-6(2-4-7)5-8(11)9(12)13;1-2-4-5-3-1;/h4-7,11H,8H2,1-3H3,(H2,16,18)(H,17,19);1-4,8H,5,11H2,(H2,12,13);1-4H2;1H4/t11-;8-;;/m00../s1. The van der Waals surface area contributed by atoms with E-state index in [0.29, 0.717) is 12.8 Å². The van der Waals surface area contributed by atoms with Gasteiger partial charge in [0.2, 0.25) is 11.8 Å². The van der Waals surface area contributed by atoms with Crippen LogP contribution in [0.5, 0.6) is 0 Å². The van der Waals surface area contributed by atoms with Crippen LogP contribution in [0.25, 0.3) is 0 Å². The number of nitrogens with one attached hydrogen (secondary N) is 1. The molecule has 2 atom stereocenters. The van der Waals surface area contributed by atoms with Gasteiger partial charge in [-0.3, -0.25) is 9.59 Å². The lowest BCUT2D eigenvalue weighted by molar-refractivity contribution is -0.120. The number of rotatable bonds is 7. The van der Waals surface area contributed by atoms with Crippen molar-refractivity contribution in [2.24, 2.45) is 17.2 Å². The third-order valence-corrected chi connectivity index (χ3v) is 6.01. The number of halogens is 2. The van der Waals surface area contributed by atoms with Crippen molar-refractivity contribution in [2.75, 3.05) is 13.2 Å². The third kappa shape index (κ3) is 17.7. The maximum Gasteiger partial charge on any atom is 0.408 e. The summed E-state index contributed by atoms with van der Waals surface area (Å²) in [7, 11) is 0. The Kier molecular flexibility index (Phi) is 17.6. The Balaban J connectivity index is 0.000000646. The molecule has 0 aromatic heterocycles. The molecule has 1 fully saturated rings. The molecule has 0 bridgehead atoms. The minimum Gasteiger partial charge on any atom is -0.444 e. The maximum atomic E-state index is 11.7. The number of ether oxygens (including phenoxy) is 2. The first-order valence-corrected chi connectivity index (χ1v) is 13.8. The lowest BCUT2D eigenvalue weighted by Gasteiger charge is -2.22. The predicted octanol–water partition coefficient (Wildman–Crippen LogP) is 4.61. The van der Waals surface area contributed by atoms with Crippen molar-refractivity contribution in [1.29, 1.82) is 0 Å². The highest BCUT2D eigenvalue weighted by molar-refractivity contribution is 9.10. The van der Waals surface area contributed by atoms with E-state index < -0.39 is 35.6 Å². The van der Waals surface area contributed by atoms with E-state index in [0.717, 1.165) is 33.3 Å². The largest absolute Gasteiger partial charge is 0.444 e. The number of hydrogen-bond donors (Lipinski definition) is 4. The summed E-state index contributed by atoms with van der Waals surface area (Å²) >= 11 is 6.65. The van der Waals surface area contributed by atoms with Gasteiger partial charge in [0.1, 0.15) is 11.6 Å². The second kappa shape index (κ2) is 18.8. The fourth-order valence-electron chi connectivity index (χ4n) is 3.01. The molecule has 2 aromatic carbocycles. The van der Waals surface area contributed by atoms with Gasteiger partial charge in [0.15, 0.2) is 0 Å². The Hall–Kier alpha value is -2.47. The molecule has 0 spiro atoms. The number of benzene rings is 2. The molecule has 1 saturated heterocycles. The smallest absolute Gasteiger partial charge is 0.408 e. The molecule has 1 aliphatic heterocycles.